The largest absolute Gasteiger partial charge is 0.383 e. The summed E-state index contributed by atoms with van der Waals surface area (Å²) < 4.78 is 13.3. The van der Waals surface area contributed by atoms with Gasteiger partial charge in [-0.1, -0.05) is 37.8 Å². The van der Waals surface area contributed by atoms with Crippen LogP contribution in [0.25, 0.3) is 0 Å². The van der Waals surface area contributed by atoms with Crippen LogP contribution in [0, 0.1) is 5.82 Å². The second-order valence-corrected chi connectivity index (χ2v) is 4.05. The van der Waals surface area contributed by atoms with E-state index in [4.69, 9.17) is 11.6 Å². The number of hydrogen-bond acceptors (Lipinski definition) is 1. The van der Waals surface area contributed by atoms with E-state index in [-0.39, 0.29) is 5.82 Å². The number of rotatable bonds is 6. The first-order chi connectivity index (χ1) is 7.24. The van der Waals surface area contributed by atoms with Gasteiger partial charge in [0.2, 0.25) is 0 Å². The Kier molecular flexibility index (Phi) is 5.48. The van der Waals surface area contributed by atoms with Gasteiger partial charge in [0.05, 0.1) is 5.69 Å². The van der Waals surface area contributed by atoms with Crippen molar-refractivity contribution in [1.82, 2.24) is 0 Å². The fourth-order valence-electron chi connectivity index (χ4n) is 1.41. The van der Waals surface area contributed by atoms with Crippen molar-refractivity contribution in [3.05, 3.63) is 29.0 Å². The zero-order valence-corrected chi connectivity index (χ0v) is 9.78. The molecule has 1 nitrogen and oxygen atoms in total. The normalized spacial score (nSPS) is 10.3. The van der Waals surface area contributed by atoms with Crippen molar-refractivity contribution in [2.24, 2.45) is 0 Å². The molecule has 0 amide bonds. The van der Waals surface area contributed by atoms with Gasteiger partial charge in [-0.05, 0) is 24.6 Å². The topological polar surface area (TPSA) is 12.0 Å². The lowest BCUT2D eigenvalue weighted by Gasteiger charge is -2.07. The molecule has 1 rings (SSSR count). The van der Waals surface area contributed by atoms with Crippen molar-refractivity contribution in [1.29, 1.82) is 0 Å². The van der Waals surface area contributed by atoms with Crippen LogP contribution in [0.3, 0.4) is 0 Å². The Hall–Kier alpha value is -0.760. The van der Waals surface area contributed by atoms with E-state index in [9.17, 15) is 4.39 Å². The van der Waals surface area contributed by atoms with E-state index < -0.39 is 0 Å². The lowest BCUT2D eigenvalue weighted by Crippen LogP contribution is -2.03. The number of anilines is 1. The summed E-state index contributed by atoms with van der Waals surface area (Å²) in [6.07, 6.45) is 4.73. The van der Waals surface area contributed by atoms with Crippen LogP contribution < -0.4 is 5.32 Å². The first-order valence-corrected chi connectivity index (χ1v) is 5.80. The SMILES string of the molecule is CCCCCCNc1ccc(Cl)cc1F. The zero-order valence-electron chi connectivity index (χ0n) is 9.02. The highest BCUT2D eigenvalue weighted by atomic mass is 35.5. The van der Waals surface area contributed by atoms with Gasteiger partial charge >= 0.3 is 0 Å². The molecule has 3 heteroatoms. The fraction of sp³-hybridized carbons (Fsp3) is 0.500. The first kappa shape index (κ1) is 12.3. The average Bonchev–Trinajstić information content (AvgIpc) is 2.20. The van der Waals surface area contributed by atoms with Crippen molar-refractivity contribution in [2.75, 3.05) is 11.9 Å². The Morgan fingerprint density at radius 2 is 2.07 bits per heavy atom. The number of hydrogen-bond donors (Lipinski definition) is 1. The number of benzene rings is 1. The van der Waals surface area contributed by atoms with Crippen LogP contribution in [0.15, 0.2) is 18.2 Å². The molecule has 0 atom stereocenters. The maximum absolute atomic E-state index is 13.3. The molecule has 0 radical (unpaired) electrons. The molecular weight excluding hydrogens is 213 g/mol. The maximum atomic E-state index is 13.3. The molecule has 15 heavy (non-hydrogen) atoms. The van der Waals surface area contributed by atoms with Crippen LogP contribution in [0.5, 0.6) is 0 Å². The van der Waals surface area contributed by atoms with E-state index in [1.807, 2.05) is 0 Å². The summed E-state index contributed by atoms with van der Waals surface area (Å²) in [7, 11) is 0. The number of halogens is 2. The van der Waals surface area contributed by atoms with Gasteiger partial charge in [-0.3, -0.25) is 0 Å². The second-order valence-electron chi connectivity index (χ2n) is 3.61. The standard InChI is InChI=1S/C12H17ClFN/c1-2-3-4-5-8-15-12-7-6-10(13)9-11(12)14/h6-7,9,15H,2-5,8H2,1H3. The van der Waals surface area contributed by atoms with Crippen molar-refractivity contribution in [3.63, 3.8) is 0 Å². The quantitative estimate of drug-likeness (QED) is 0.710. The molecule has 84 valence electrons. The lowest BCUT2D eigenvalue weighted by molar-refractivity contribution is 0.627. The zero-order chi connectivity index (χ0) is 11.1. The highest BCUT2D eigenvalue weighted by Crippen LogP contribution is 2.18. The predicted molar refractivity (Wildman–Crippen MR) is 64.0 cm³/mol. The minimum absolute atomic E-state index is 0.280. The summed E-state index contributed by atoms with van der Waals surface area (Å²) in [4.78, 5) is 0. The molecule has 1 aromatic carbocycles. The van der Waals surface area contributed by atoms with Crippen molar-refractivity contribution < 1.29 is 4.39 Å². The Morgan fingerprint density at radius 3 is 2.73 bits per heavy atom. The summed E-state index contributed by atoms with van der Waals surface area (Å²) in [6, 6.07) is 4.70. The van der Waals surface area contributed by atoms with Crippen LogP contribution in [0.4, 0.5) is 10.1 Å². The van der Waals surface area contributed by atoms with E-state index in [0.717, 1.165) is 13.0 Å². The second kappa shape index (κ2) is 6.67. The number of nitrogens with one attached hydrogen (secondary N) is 1. The molecule has 0 aromatic heterocycles. The van der Waals surface area contributed by atoms with Crippen LogP contribution in [-0.2, 0) is 0 Å². The highest BCUT2D eigenvalue weighted by molar-refractivity contribution is 6.30. The molecule has 0 unspecified atom stereocenters. The van der Waals surface area contributed by atoms with E-state index in [1.165, 1.54) is 25.3 Å². The van der Waals surface area contributed by atoms with Gasteiger partial charge in [0, 0.05) is 11.6 Å². The summed E-state index contributed by atoms with van der Waals surface area (Å²) in [5, 5.41) is 3.50. The Labute approximate surface area is 95.6 Å². The third kappa shape index (κ3) is 4.52. The van der Waals surface area contributed by atoms with Gasteiger partial charge in [0.15, 0.2) is 0 Å². The molecule has 1 N–H and O–H groups in total. The van der Waals surface area contributed by atoms with Crippen molar-refractivity contribution in [3.8, 4) is 0 Å². The Morgan fingerprint density at radius 1 is 1.27 bits per heavy atom. The molecule has 0 saturated heterocycles. The number of unbranched alkanes of at least 4 members (excludes halogenated alkanes) is 3. The average molecular weight is 230 g/mol. The molecule has 0 aliphatic carbocycles. The minimum Gasteiger partial charge on any atom is -0.383 e. The predicted octanol–water partition coefficient (Wildman–Crippen LogP) is 4.47. The van der Waals surface area contributed by atoms with Gasteiger partial charge in [-0.25, -0.2) is 4.39 Å². The molecule has 0 bridgehead atoms. The molecule has 0 fully saturated rings. The lowest BCUT2D eigenvalue weighted by atomic mass is 10.2. The molecular formula is C12H17ClFN. The minimum atomic E-state index is -0.280. The van der Waals surface area contributed by atoms with Gasteiger partial charge in [0.1, 0.15) is 5.82 Å². The van der Waals surface area contributed by atoms with Crippen LogP contribution in [0.2, 0.25) is 5.02 Å². The summed E-state index contributed by atoms with van der Waals surface area (Å²) in [6.45, 7) is 2.99. The van der Waals surface area contributed by atoms with E-state index in [0.29, 0.717) is 10.7 Å². The third-order valence-electron chi connectivity index (χ3n) is 2.28. The van der Waals surface area contributed by atoms with Crippen molar-refractivity contribution >= 4 is 17.3 Å². The molecule has 1 aromatic rings. The van der Waals surface area contributed by atoms with E-state index >= 15 is 0 Å². The van der Waals surface area contributed by atoms with E-state index in [1.54, 1.807) is 12.1 Å². The fourth-order valence-corrected chi connectivity index (χ4v) is 1.57. The monoisotopic (exact) mass is 229 g/mol. The highest BCUT2D eigenvalue weighted by Gasteiger charge is 2.01. The summed E-state index contributed by atoms with van der Waals surface area (Å²) in [5.41, 5.74) is 0.538. The smallest absolute Gasteiger partial charge is 0.147 e. The molecule has 0 aliphatic heterocycles. The maximum Gasteiger partial charge on any atom is 0.147 e. The van der Waals surface area contributed by atoms with Gasteiger partial charge in [-0.2, -0.15) is 0 Å². The van der Waals surface area contributed by atoms with Crippen LogP contribution in [0.1, 0.15) is 32.6 Å². The van der Waals surface area contributed by atoms with Gasteiger partial charge in [-0.15, -0.1) is 0 Å². The van der Waals surface area contributed by atoms with E-state index in [2.05, 4.69) is 12.2 Å². The molecule has 0 heterocycles. The van der Waals surface area contributed by atoms with Gasteiger partial charge < -0.3 is 5.32 Å². The third-order valence-corrected chi connectivity index (χ3v) is 2.51. The Balaban J connectivity index is 2.31. The van der Waals surface area contributed by atoms with Crippen molar-refractivity contribution in [2.45, 2.75) is 32.6 Å². The first-order valence-electron chi connectivity index (χ1n) is 5.43. The summed E-state index contributed by atoms with van der Waals surface area (Å²) >= 11 is 5.65. The van der Waals surface area contributed by atoms with Gasteiger partial charge in [0.25, 0.3) is 0 Å². The van der Waals surface area contributed by atoms with Crippen LogP contribution in [-0.4, -0.2) is 6.54 Å². The Bertz CT molecular complexity index is 302. The molecule has 0 aliphatic rings. The summed E-state index contributed by atoms with van der Waals surface area (Å²) in [5.74, 6) is -0.280. The molecule has 0 spiro atoms. The molecule has 0 saturated carbocycles. The van der Waals surface area contributed by atoms with Crippen LogP contribution >= 0.6 is 11.6 Å².